The van der Waals surface area contributed by atoms with Crippen molar-refractivity contribution >= 4 is 17.3 Å². The largest absolute Gasteiger partial charge is 0.494 e. The first kappa shape index (κ1) is 15.6. The van der Waals surface area contributed by atoms with E-state index in [1.54, 1.807) is 18.2 Å². The summed E-state index contributed by atoms with van der Waals surface area (Å²) in [5.74, 6) is 0.351. The van der Waals surface area contributed by atoms with Gasteiger partial charge in [0.2, 0.25) is 5.91 Å². The van der Waals surface area contributed by atoms with Gasteiger partial charge in [0.1, 0.15) is 5.75 Å². The van der Waals surface area contributed by atoms with Crippen molar-refractivity contribution < 1.29 is 19.7 Å². The zero-order valence-electron chi connectivity index (χ0n) is 12.0. The minimum atomic E-state index is -0.731. The number of aliphatic hydroxyl groups excluding tert-OH is 2. The van der Waals surface area contributed by atoms with Crippen molar-refractivity contribution in [1.82, 2.24) is 4.90 Å². The van der Waals surface area contributed by atoms with Crippen LogP contribution >= 0.6 is 0 Å². The number of nitrogen functional groups attached to an aromatic ring is 1. The van der Waals surface area contributed by atoms with E-state index in [9.17, 15) is 15.0 Å². The second-order valence-corrected chi connectivity index (χ2v) is 5.15. The summed E-state index contributed by atoms with van der Waals surface area (Å²) in [6.45, 7) is 1.26. The van der Waals surface area contributed by atoms with E-state index in [4.69, 9.17) is 10.5 Å². The number of carbonyl (C=O) groups excluding carboxylic acids is 1. The maximum atomic E-state index is 11.9. The SMILES string of the molecule is COc1cc(N)ccc1NC(=O)CCN1CC(O)C(O)C1. The number of anilines is 2. The van der Waals surface area contributed by atoms with E-state index in [2.05, 4.69) is 5.32 Å². The summed E-state index contributed by atoms with van der Waals surface area (Å²) in [6.07, 6.45) is -1.19. The lowest BCUT2D eigenvalue weighted by molar-refractivity contribution is -0.116. The predicted octanol–water partition coefficient (Wildman–Crippen LogP) is -0.357. The molecule has 1 heterocycles. The molecule has 0 radical (unpaired) electrons. The van der Waals surface area contributed by atoms with E-state index in [1.165, 1.54) is 7.11 Å². The van der Waals surface area contributed by atoms with Crippen LogP contribution in [0.25, 0.3) is 0 Å². The van der Waals surface area contributed by atoms with Crippen LogP contribution in [0.2, 0.25) is 0 Å². The Morgan fingerprint density at radius 1 is 1.43 bits per heavy atom. The number of ether oxygens (including phenoxy) is 1. The van der Waals surface area contributed by atoms with E-state index < -0.39 is 12.2 Å². The van der Waals surface area contributed by atoms with Gasteiger partial charge in [-0.15, -0.1) is 0 Å². The van der Waals surface area contributed by atoms with Crippen LogP contribution in [0.4, 0.5) is 11.4 Å². The smallest absolute Gasteiger partial charge is 0.225 e. The van der Waals surface area contributed by atoms with Crippen molar-refractivity contribution in [3.8, 4) is 5.75 Å². The monoisotopic (exact) mass is 295 g/mol. The molecule has 1 aliphatic rings. The van der Waals surface area contributed by atoms with Gasteiger partial charge < -0.3 is 26.0 Å². The Morgan fingerprint density at radius 3 is 2.71 bits per heavy atom. The molecule has 2 unspecified atom stereocenters. The molecule has 1 saturated heterocycles. The highest BCUT2D eigenvalue weighted by Gasteiger charge is 2.29. The Hall–Kier alpha value is -1.83. The van der Waals surface area contributed by atoms with Crippen molar-refractivity contribution in [1.29, 1.82) is 0 Å². The van der Waals surface area contributed by atoms with Crippen molar-refractivity contribution in [2.45, 2.75) is 18.6 Å². The van der Waals surface area contributed by atoms with Crippen molar-refractivity contribution in [3.05, 3.63) is 18.2 Å². The van der Waals surface area contributed by atoms with Crippen molar-refractivity contribution in [2.75, 3.05) is 37.8 Å². The highest BCUT2D eigenvalue weighted by molar-refractivity contribution is 5.92. The number of hydrogen-bond donors (Lipinski definition) is 4. The molecule has 7 nitrogen and oxygen atoms in total. The summed E-state index contributed by atoms with van der Waals surface area (Å²) in [4.78, 5) is 13.8. The second-order valence-electron chi connectivity index (χ2n) is 5.15. The number of nitrogens with zero attached hydrogens (tertiary/aromatic N) is 1. The Labute approximate surface area is 123 Å². The number of methoxy groups -OCH3 is 1. The molecule has 21 heavy (non-hydrogen) atoms. The molecule has 2 atom stereocenters. The number of aliphatic hydroxyl groups is 2. The lowest BCUT2D eigenvalue weighted by atomic mass is 10.2. The summed E-state index contributed by atoms with van der Waals surface area (Å²) in [7, 11) is 1.51. The molecular formula is C14H21N3O4. The molecule has 0 saturated carbocycles. The fourth-order valence-electron chi connectivity index (χ4n) is 2.31. The van der Waals surface area contributed by atoms with Gasteiger partial charge >= 0.3 is 0 Å². The minimum absolute atomic E-state index is 0.158. The van der Waals surface area contributed by atoms with Crippen molar-refractivity contribution in [2.24, 2.45) is 0 Å². The fourth-order valence-corrected chi connectivity index (χ4v) is 2.31. The first-order chi connectivity index (χ1) is 9.99. The standard InChI is InChI=1S/C14H21N3O4/c1-21-13-6-9(15)2-3-10(13)16-14(20)4-5-17-7-11(18)12(19)8-17/h2-3,6,11-12,18-19H,4-5,7-8,15H2,1H3,(H,16,20). The first-order valence-corrected chi connectivity index (χ1v) is 6.81. The normalized spacial score (nSPS) is 22.2. The number of carbonyl (C=O) groups is 1. The molecule has 0 bridgehead atoms. The molecule has 5 N–H and O–H groups in total. The van der Waals surface area contributed by atoms with Crippen LogP contribution in [0.15, 0.2) is 18.2 Å². The Bertz CT molecular complexity index is 499. The first-order valence-electron chi connectivity index (χ1n) is 6.81. The average Bonchev–Trinajstić information content (AvgIpc) is 2.77. The van der Waals surface area contributed by atoms with Gasteiger partial charge in [0.05, 0.1) is 25.0 Å². The maximum absolute atomic E-state index is 11.9. The van der Waals surface area contributed by atoms with Crippen LogP contribution in [0, 0.1) is 0 Å². The average molecular weight is 295 g/mol. The van der Waals surface area contributed by atoms with Gasteiger partial charge in [-0.2, -0.15) is 0 Å². The minimum Gasteiger partial charge on any atom is -0.494 e. The molecule has 0 spiro atoms. The van der Waals surface area contributed by atoms with Crippen LogP contribution < -0.4 is 15.8 Å². The molecular weight excluding hydrogens is 274 g/mol. The van der Waals surface area contributed by atoms with E-state index in [0.29, 0.717) is 36.8 Å². The summed E-state index contributed by atoms with van der Waals surface area (Å²) in [5, 5.41) is 21.6. The number of benzene rings is 1. The molecule has 0 aromatic heterocycles. The van der Waals surface area contributed by atoms with E-state index in [0.717, 1.165) is 0 Å². The molecule has 1 fully saturated rings. The third-order valence-corrected chi connectivity index (χ3v) is 3.49. The Balaban J connectivity index is 1.85. The number of rotatable bonds is 5. The van der Waals surface area contributed by atoms with Crippen LogP contribution in [0.3, 0.4) is 0 Å². The molecule has 1 amide bonds. The van der Waals surface area contributed by atoms with Gasteiger partial charge in [-0.05, 0) is 12.1 Å². The second kappa shape index (κ2) is 6.75. The highest BCUT2D eigenvalue weighted by atomic mass is 16.5. The number of hydrogen-bond acceptors (Lipinski definition) is 6. The maximum Gasteiger partial charge on any atom is 0.225 e. The van der Waals surface area contributed by atoms with Crippen molar-refractivity contribution in [3.63, 3.8) is 0 Å². The van der Waals surface area contributed by atoms with E-state index >= 15 is 0 Å². The number of β-amino-alcohol motifs (C(OH)–C–C–N with tert-alkyl or cyclic N) is 2. The lowest BCUT2D eigenvalue weighted by Crippen LogP contribution is -2.27. The molecule has 116 valence electrons. The third kappa shape index (κ3) is 4.07. The number of likely N-dealkylation sites (tertiary alicyclic amines) is 1. The van der Waals surface area contributed by atoms with E-state index in [1.807, 2.05) is 4.90 Å². The number of nitrogens with one attached hydrogen (secondary N) is 1. The summed E-state index contributed by atoms with van der Waals surface area (Å²) in [5.41, 5.74) is 6.78. The fraction of sp³-hybridized carbons (Fsp3) is 0.500. The Morgan fingerprint density at radius 2 is 2.10 bits per heavy atom. The van der Waals surface area contributed by atoms with E-state index in [-0.39, 0.29) is 12.3 Å². The quantitative estimate of drug-likeness (QED) is 0.553. The third-order valence-electron chi connectivity index (χ3n) is 3.49. The zero-order chi connectivity index (χ0) is 15.4. The molecule has 1 aromatic carbocycles. The summed E-state index contributed by atoms with van der Waals surface area (Å²) < 4.78 is 5.16. The van der Waals surface area contributed by atoms with Gasteiger partial charge in [0, 0.05) is 37.8 Å². The molecule has 7 heteroatoms. The van der Waals surface area contributed by atoms with Crippen LogP contribution in [0.1, 0.15) is 6.42 Å². The van der Waals surface area contributed by atoms with Gasteiger partial charge in [0.15, 0.2) is 0 Å². The molecule has 1 aliphatic heterocycles. The predicted molar refractivity (Wildman–Crippen MR) is 79.1 cm³/mol. The van der Waals surface area contributed by atoms with Gasteiger partial charge in [0.25, 0.3) is 0 Å². The molecule has 2 rings (SSSR count). The number of amides is 1. The van der Waals surface area contributed by atoms with Gasteiger partial charge in [-0.25, -0.2) is 0 Å². The topological polar surface area (TPSA) is 108 Å². The lowest BCUT2D eigenvalue weighted by Gasteiger charge is -2.15. The summed E-state index contributed by atoms with van der Waals surface area (Å²) in [6, 6.07) is 5.02. The summed E-state index contributed by atoms with van der Waals surface area (Å²) >= 11 is 0. The molecule has 0 aliphatic carbocycles. The van der Waals surface area contributed by atoms with Crippen LogP contribution in [0.5, 0.6) is 5.75 Å². The van der Waals surface area contributed by atoms with Crippen LogP contribution in [-0.2, 0) is 4.79 Å². The zero-order valence-corrected chi connectivity index (χ0v) is 12.0. The highest BCUT2D eigenvalue weighted by Crippen LogP contribution is 2.26. The number of nitrogens with two attached hydrogens (primary N) is 1. The van der Waals surface area contributed by atoms with Gasteiger partial charge in [-0.3, -0.25) is 9.69 Å². The Kier molecular flexibility index (Phi) is 5.00. The van der Waals surface area contributed by atoms with Crippen LogP contribution in [-0.4, -0.2) is 60.0 Å². The molecule has 1 aromatic rings. The van der Waals surface area contributed by atoms with Gasteiger partial charge in [-0.1, -0.05) is 0 Å².